The van der Waals surface area contributed by atoms with Crippen LogP contribution in [-0.2, 0) is 4.79 Å². The molecule has 1 aromatic carbocycles. The molecule has 2 aliphatic heterocycles. The van der Waals surface area contributed by atoms with Crippen molar-refractivity contribution in [3.05, 3.63) is 34.4 Å². The van der Waals surface area contributed by atoms with Gasteiger partial charge in [0.1, 0.15) is 5.66 Å². The molecular weight excluding hydrogens is 344 g/mol. The van der Waals surface area contributed by atoms with E-state index in [1.807, 2.05) is 24.8 Å². The Bertz CT molecular complexity index is 757. The predicted octanol–water partition coefficient (Wildman–Crippen LogP) is 3.36. The maximum atomic E-state index is 13.6. The molecular formula is C21H28N2O2S. The molecule has 1 aliphatic carbocycles. The molecule has 3 aliphatic rings. The number of nitrogens with zero attached hydrogens (tertiary/aromatic N) is 2. The maximum absolute atomic E-state index is 13.6. The summed E-state index contributed by atoms with van der Waals surface area (Å²) in [7, 11) is 0. The molecule has 1 amide bonds. The van der Waals surface area contributed by atoms with Gasteiger partial charge in [0.2, 0.25) is 5.91 Å². The average Bonchev–Trinajstić information content (AvgIpc) is 3.25. The third-order valence-electron chi connectivity index (χ3n) is 6.50. The van der Waals surface area contributed by atoms with Gasteiger partial charge in [-0.1, -0.05) is 6.07 Å². The third-order valence-corrected chi connectivity index (χ3v) is 7.72. The summed E-state index contributed by atoms with van der Waals surface area (Å²) in [6.07, 6.45) is 2.76. The number of Topliss-reactive ketones (excluding diaryl/α,β-unsaturated/α-hetero) is 1. The Morgan fingerprint density at radius 2 is 1.85 bits per heavy atom. The number of carbonyl (C=O) groups is 2. The summed E-state index contributed by atoms with van der Waals surface area (Å²) in [6, 6.07) is 4.05. The fourth-order valence-electron chi connectivity index (χ4n) is 4.73. The Morgan fingerprint density at radius 3 is 2.58 bits per heavy atom. The van der Waals surface area contributed by atoms with Crippen LogP contribution in [0.3, 0.4) is 0 Å². The molecule has 0 aromatic heterocycles. The van der Waals surface area contributed by atoms with Gasteiger partial charge in [-0.15, -0.1) is 0 Å². The van der Waals surface area contributed by atoms with Crippen molar-refractivity contribution in [2.24, 2.45) is 0 Å². The number of fused-ring (bicyclic) bond motifs is 1. The molecule has 0 saturated carbocycles. The number of ketones is 1. The van der Waals surface area contributed by atoms with E-state index < -0.39 is 0 Å². The van der Waals surface area contributed by atoms with E-state index in [0.717, 1.165) is 53.4 Å². The van der Waals surface area contributed by atoms with Crippen LogP contribution < -0.4 is 0 Å². The molecule has 4 nitrogen and oxygen atoms in total. The number of carbonyl (C=O) groups excluding carboxylic acids is 2. The molecule has 2 saturated heterocycles. The Hall–Kier alpha value is -1.33. The van der Waals surface area contributed by atoms with Crippen LogP contribution >= 0.6 is 11.8 Å². The summed E-state index contributed by atoms with van der Waals surface area (Å²) in [5.41, 5.74) is 3.78. The van der Waals surface area contributed by atoms with Gasteiger partial charge in [-0.05, 0) is 56.4 Å². The summed E-state index contributed by atoms with van der Waals surface area (Å²) in [6.45, 7) is 9.23. The lowest BCUT2D eigenvalue weighted by atomic mass is 9.94. The van der Waals surface area contributed by atoms with Crippen LogP contribution in [0.15, 0.2) is 12.1 Å². The predicted molar refractivity (Wildman–Crippen MR) is 106 cm³/mol. The number of amides is 1. The Kier molecular flexibility index (Phi) is 4.64. The first-order chi connectivity index (χ1) is 12.4. The standard InChI is InChI=1S/C21H28N2O2S/c1-14-10-16-17(11-15(14)2)19(24)12-18(16)20(25)23-8-9-26-13-21(23,3)22-6-4-5-7-22/h10-11,18H,4-9,12-13H2,1-3H3. The molecule has 1 aromatic rings. The van der Waals surface area contributed by atoms with Gasteiger partial charge in [0, 0.05) is 43.1 Å². The van der Waals surface area contributed by atoms with E-state index in [1.165, 1.54) is 12.8 Å². The molecule has 5 heteroatoms. The highest BCUT2D eigenvalue weighted by Gasteiger charge is 2.47. The molecule has 0 N–H and O–H groups in total. The number of hydrogen-bond acceptors (Lipinski definition) is 4. The van der Waals surface area contributed by atoms with Gasteiger partial charge >= 0.3 is 0 Å². The highest BCUT2D eigenvalue weighted by Crippen LogP contribution is 2.40. The fraction of sp³-hybridized carbons (Fsp3) is 0.619. The SMILES string of the molecule is Cc1cc2c(cc1C)C(C(=O)N1CCSCC1(C)N1CCCC1)CC2=O. The van der Waals surface area contributed by atoms with Crippen LogP contribution in [0.25, 0.3) is 0 Å². The van der Waals surface area contributed by atoms with Crippen LogP contribution in [0, 0.1) is 13.8 Å². The first-order valence-corrected chi connectivity index (χ1v) is 10.9. The zero-order valence-electron chi connectivity index (χ0n) is 16.0. The summed E-state index contributed by atoms with van der Waals surface area (Å²) < 4.78 is 0. The zero-order chi connectivity index (χ0) is 18.5. The highest BCUT2D eigenvalue weighted by atomic mass is 32.2. The number of rotatable bonds is 2. The van der Waals surface area contributed by atoms with Crippen LogP contribution in [0.4, 0.5) is 0 Å². The Balaban J connectivity index is 1.67. The number of benzene rings is 1. The molecule has 2 atom stereocenters. The van der Waals surface area contributed by atoms with E-state index >= 15 is 0 Å². The molecule has 0 radical (unpaired) electrons. The minimum Gasteiger partial charge on any atom is -0.322 e. The largest absolute Gasteiger partial charge is 0.322 e. The second kappa shape index (κ2) is 6.68. The highest BCUT2D eigenvalue weighted by molar-refractivity contribution is 7.99. The van der Waals surface area contributed by atoms with Crippen molar-refractivity contribution >= 4 is 23.5 Å². The van der Waals surface area contributed by atoms with Gasteiger partial charge in [0.25, 0.3) is 0 Å². The van der Waals surface area contributed by atoms with E-state index in [4.69, 9.17) is 0 Å². The quantitative estimate of drug-likeness (QED) is 0.798. The minimum atomic E-state index is -0.304. The molecule has 2 fully saturated rings. The lowest BCUT2D eigenvalue weighted by molar-refractivity contribution is -0.145. The van der Waals surface area contributed by atoms with Crippen LogP contribution in [-0.4, -0.2) is 58.3 Å². The lowest BCUT2D eigenvalue weighted by Crippen LogP contribution is -2.64. The monoisotopic (exact) mass is 372 g/mol. The topological polar surface area (TPSA) is 40.6 Å². The van der Waals surface area contributed by atoms with Crippen molar-refractivity contribution in [3.8, 4) is 0 Å². The molecule has 2 heterocycles. The van der Waals surface area contributed by atoms with E-state index in [2.05, 4.69) is 29.7 Å². The van der Waals surface area contributed by atoms with E-state index in [1.54, 1.807) is 0 Å². The number of likely N-dealkylation sites (tertiary alicyclic amines) is 1. The van der Waals surface area contributed by atoms with Crippen molar-refractivity contribution in [2.45, 2.75) is 51.6 Å². The summed E-state index contributed by atoms with van der Waals surface area (Å²) >= 11 is 1.94. The first kappa shape index (κ1) is 18.1. The third kappa shape index (κ3) is 2.80. The summed E-state index contributed by atoms with van der Waals surface area (Å²) in [5.74, 6) is 1.90. The van der Waals surface area contributed by atoms with Gasteiger partial charge in [-0.25, -0.2) is 0 Å². The minimum absolute atomic E-state index is 0.121. The Labute approximate surface area is 160 Å². The van der Waals surface area contributed by atoms with E-state index in [-0.39, 0.29) is 23.3 Å². The Morgan fingerprint density at radius 1 is 1.15 bits per heavy atom. The molecule has 0 spiro atoms. The average molecular weight is 373 g/mol. The summed E-state index contributed by atoms with van der Waals surface area (Å²) in [5, 5.41) is 0. The van der Waals surface area contributed by atoms with E-state index in [0.29, 0.717) is 6.42 Å². The molecule has 0 bridgehead atoms. The van der Waals surface area contributed by atoms with Gasteiger partial charge in [-0.3, -0.25) is 14.5 Å². The van der Waals surface area contributed by atoms with Crippen molar-refractivity contribution in [1.29, 1.82) is 0 Å². The van der Waals surface area contributed by atoms with Gasteiger partial charge < -0.3 is 4.90 Å². The van der Waals surface area contributed by atoms with Crippen LogP contribution in [0.1, 0.15) is 59.2 Å². The fourth-order valence-corrected chi connectivity index (χ4v) is 5.91. The van der Waals surface area contributed by atoms with Crippen molar-refractivity contribution in [2.75, 3.05) is 31.1 Å². The van der Waals surface area contributed by atoms with Crippen molar-refractivity contribution in [1.82, 2.24) is 9.80 Å². The first-order valence-electron chi connectivity index (χ1n) is 9.70. The maximum Gasteiger partial charge on any atom is 0.232 e. The molecule has 2 unspecified atom stereocenters. The smallest absolute Gasteiger partial charge is 0.232 e. The van der Waals surface area contributed by atoms with Crippen LogP contribution in [0.5, 0.6) is 0 Å². The zero-order valence-corrected chi connectivity index (χ0v) is 16.8. The van der Waals surface area contributed by atoms with Crippen LogP contribution in [0.2, 0.25) is 0 Å². The number of hydrogen-bond donors (Lipinski definition) is 0. The number of thioether (sulfide) groups is 1. The summed E-state index contributed by atoms with van der Waals surface area (Å²) in [4.78, 5) is 30.7. The normalized spacial score (nSPS) is 29.3. The van der Waals surface area contributed by atoms with Gasteiger partial charge in [-0.2, -0.15) is 11.8 Å². The van der Waals surface area contributed by atoms with Crippen molar-refractivity contribution < 1.29 is 9.59 Å². The van der Waals surface area contributed by atoms with E-state index in [9.17, 15) is 9.59 Å². The van der Waals surface area contributed by atoms with Gasteiger partial charge in [0.15, 0.2) is 5.78 Å². The number of aryl methyl sites for hydroxylation is 2. The second-order valence-corrected chi connectivity index (χ2v) is 9.26. The second-order valence-electron chi connectivity index (χ2n) is 8.16. The lowest BCUT2D eigenvalue weighted by Gasteiger charge is -2.50. The van der Waals surface area contributed by atoms with Gasteiger partial charge in [0.05, 0.1) is 5.92 Å². The molecule has 26 heavy (non-hydrogen) atoms. The molecule has 140 valence electrons. The molecule has 4 rings (SSSR count). The van der Waals surface area contributed by atoms with Crippen molar-refractivity contribution in [3.63, 3.8) is 0 Å².